The maximum Gasteiger partial charge on any atom is 0.0374 e. The summed E-state index contributed by atoms with van der Waals surface area (Å²) in [5.41, 5.74) is 4.06. The van der Waals surface area contributed by atoms with Crippen molar-refractivity contribution in [1.82, 2.24) is 0 Å². The van der Waals surface area contributed by atoms with Crippen molar-refractivity contribution in [1.29, 1.82) is 0 Å². The Balaban J connectivity index is 1.98. The van der Waals surface area contributed by atoms with Crippen molar-refractivity contribution in [3.8, 4) is 0 Å². The highest BCUT2D eigenvalue weighted by atomic mass is 14.9. The van der Waals surface area contributed by atoms with Gasteiger partial charge in [0, 0.05) is 11.7 Å². The predicted octanol–water partition coefficient (Wildman–Crippen LogP) is 5.07. The number of hydrogen-bond acceptors (Lipinski definition) is 1. The molecule has 0 aliphatic heterocycles. The zero-order valence-corrected chi connectivity index (χ0v) is 12.1. The van der Waals surface area contributed by atoms with E-state index >= 15 is 0 Å². The van der Waals surface area contributed by atoms with E-state index in [1.54, 1.807) is 0 Å². The molecule has 1 aromatic rings. The maximum atomic E-state index is 3.77. The summed E-state index contributed by atoms with van der Waals surface area (Å²) in [4.78, 5) is 0. The van der Waals surface area contributed by atoms with Crippen LogP contribution >= 0.6 is 0 Å². The first-order valence-corrected chi connectivity index (χ1v) is 7.53. The standard InChI is InChI=1S/C17H27N/c1-4-15-6-5-7-16(11-10-15)18-17-12-13(2)8-9-14(17)3/h8-9,12,15-16,18H,4-7,10-11H2,1-3H3. The number of anilines is 1. The fourth-order valence-corrected chi connectivity index (χ4v) is 3.04. The monoisotopic (exact) mass is 245 g/mol. The molecule has 0 spiro atoms. The maximum absolute atomic E-state index is 3.77. The molecule has 0 aromatic heterocycles. The third-order valence-corrected chi connectivity index (χ3v) is 4.42. The van der Waals surface area contributed by atoms with Gasteiger partial charge >= 0.3 is 0 Å². The predicted molar refractivity (Wildman–Crippen MR) is 80.2 cm³/mol. The summed E-state index contributed by atoms with van der Waals surface area (Å²) in [5, 5.41) is 3.77. The van der Waals surface area contributed by atoms with E-state index in [4.69, 9.17) is 0 Å². The molecule has 1 N–H and O–H groups in total. The first kappa shape index (κ1) is 13.5. The quantitative estimate of drug-likeness (QED) is 0.733. The van der Waals surface area contributed by atoms with Crippen LogP contribution in [-0.2, 0) is 0 Å². The molecule has 100 valence electrons. The van der Waals surface area contributed by atoms with Gasteiger partial charge in [-0.25, -0.2) is 0 Å². The summed E-state index contributed by atoms with van der Waals surface area (Å²) in [6.45, 7) is 6.71. The van der Waals surface area contributed by atoms with Gasteiger partial charge in [-0.2, -0.15) is 0 Å². The van der Waals surface area contributed by atoms with Gasteiger partial charge in [-0.15, -0.1) is 0 Å². The molecule has 0 heterocycles. The highest BCUT2D eigenvalue weighted by Crippen LogP contribution is 2.28. The average molecular weight is 245 g/mol. The highest BCUT2D eigenvalue weighted by Gasteiger charge is 2.17. The summed E-state index contributed by atoms with van der Waals surface area (Å²) < 4.78 is 0. The van der Waals surface area contributed by atoms with Crippen LogP contribution in [0.4, 0.5) is 5.69 Å². The number of hydrogen-bond donors (Lipinski definition) is 1. The van der Waals surface area contributed by atoms with Gasteiger partial charge in [0.2, 0.25) is 0 Å². The summed E-state index contributed by atoms with van der Waals surface area (Å²) in [7, 11) is 0. The summed E-state index contributed by atoms with van der Waals surface area (Å²) in [6.07, 6.45) is 8.26. The van der Waals surface area contributed by atoms with E-state index < -0.39 is 0 Å². The molecule has 2 unspecified atom stereocenters. The second-order valence-corrected chi connectivity index (χ2v) is 5.94. The van der Waals surface area contributed by atoms with Crippen molar-refractivity contribution in [3.05, 3.63) is 29.3 Å². The van der Waals surface area contributed by atoms with Crippen molar-refractivity contribution in [3.63, 3.8) is 0 Å². The van der Waals surface area contributed by atoms with Crippen molar-refractivity contribution >= 4 is 5.69 Å². The van der Waals surface area contributed by atoms with Gasteiger partial charge in [-0.1, -0.05) is 38.3 Å². The lowest BCUT2D eigenvalue weighted by atomic mass is 9.98. The first-order chi connectivity index (χ1) is 8.69. The molecule has 1 nitrogen and oxygen atoms in total. The van der Waals surface area contributed by atoms with E-state index in [0.717, 1.165) is 5.92 Å². The lowest BCUT2D eigenvalue weighted by Crippen LogP contribution is -2.19. The van der Waals surface area contributed by atoms with Crippen LogP contribution in [0, 0.1) is 19.8 Å². The molecule has 1 aromatic carbocycles. The molecule has 1 heteroatoms. The fourth-order valence-electron chi connectivity index (χ4n) is 3.04. The second kappa shape index (κ2) is 6.26. The van der Waals surface area contributed by atoms with Crippen molar-refractivity contribution in [2.75, 3.05) is 5.32 Å². The SMILES string of the molecule is CCC1CCCC(Nc2cc(C)ccc2C)CC1. The van der Waals surface area contributed by atoms with Crippen LogP contribution in [0.15, 0.2) is 18.2 Å². The molecule has 0 bridgehead atoms. The average Bonchev–Trinajstić information content (AvgIpc) is 2.59. The Labute approximate surface area is 112 Å². The van der Waals surface area contributed by atoms with Gasteiger partial charge < -0.3 is 5.32 Å². The molecular formula is C17H27N. The molecule has 1 saturated carbocycles. The third kappa shape index (κ3) is 3.51. The molecule has 0 amide bonds. The molecule has 0 radical (unpaired) electrons. The Kier molecular flexibility index (Phi) is 4.68. The van der Waals surface area contributed by atoms with E-state index in [9.17, 15) is 0 Å². The largest absolute Gasteiger partial charge is 0.382 e. The summed E-state index contributed by atoms with van der Waals surface area (Å²) >= 11 is 0. The van der Waals surface area contributed by atoms with E-state index in [1.165, 1.54) is 55.3 Å². The molecule has 1 aliphatic carbocycles. The number of rotatable bonds is 3. The van der Waals surface area contributed by atoms with E-state index in [1.807, 2.05) is 0 Å². The fraction of sp³-hybridized carbons (Fsp3) is 0.647. The van der Waals surface area contributed by atoms with Crippen molar-refractivity contribution < 1.29 is 0 Å². The molecule has 1 fully saturated rings. The van der Waals surface area contributed by atoms with Crippen LogP contribution < -0.4 is 5.32 Å². The topological polar surface area (TPSA) is 12.0 Å². The minimum atomic E-state index is 0.682. The van der Waals surface area contributed by atoms with Crippen LogP contribution in [0.25, 0.3) is 0 Å². The zero-order chi connectivity index (χ0) is 13.0. The number of nitrogens with one attached hydrogen (secondary N) is 1. The molecule has 2 atom stereocenters. The Morgan fingerprint density at radius 1 is 1.11 bits per heavy atom. The first-order valence-electron chi connectivity index (χ1n) is 7.53. The lowest BCUT2D eigenvalue weighted by molar-refractivity contribution is 0.444. The number of aryl methyl sites for hydroxylation is 2. The van der Waals surface area contributed by atoms with E-state index in [0.29, 0.717) is 6.04 Å². The molecule has 0 saturated heterocycles. The second-order valence-electron chi connectivity index (χ2n) is 5.94. The Bertz CT molecular complexity index is 383. The minimum Gasteiger partial charge on any atom is -0.382 e. The van der Waals surface area contributed by atoms with Crippen LogP contribution in [0.2, 0.25) is 0 Å². The molecule has 1 aliphatic rings. The van der Waals surface area contributed by atoms with Gasteiger partial charge in [-0.05, 0) is 56.2 Å². The molecule has 2 rings (SSSR count). The van der Waals surface area contributed by atoms with Crippen LogP contribution in [0.5, 0.6) is 0 Å². The summed E-state index contributed by atoms with van der Waals surface area (Å²) in [6, 6.07) is 7.39. The van der Waals surface area contributed by atoms with Crippen molar-refractivity contribution in [2.45, 2.75) is 65.3 Å². The highest BCUT2D eigenvalue weighted by molar-refractivity contribution is 5.53. The molecular weight excluding hydrogens is 218 g/mol. The molecule has 18 heavy (non-hydrogen) atoms. The van der Waals surface area contributed by atoms with E-state index in [2.05, 4.69) is 44.3 Å². The Morgan fingerprint density at radius 2 is 1.94 bits per heavy atom. The van der Waals surface area contributed by atoms with Gasteiger partial charge in [0.25, 0.3) is 0 Å². The van der Waals surface area contributed by atoms with Crippen molar-refractivity contribution in [2.24, 2.45) is 5.92 Å². The normalized spacial score (nSPS) is 24.6. The van der Waals surface area contributed by atoms with Gasteiger partial charge in [0.05, 0.1) is 0 Å². The van der Waals surface area contributed by atoms with Gasteiger partial charge in [-0.3, -0.25) is 0 Å². The Morgan fingerprint density at radius 3 is 2.72 bits per heavy atom. The minimum absolute atomic E-state index is 0.682. The zero-order valence-electron chi connectivity index (χ0n) is 12.1. The smallest absolute Gasteiger partial charge is 0.0374 e. The van der Waals surface area contributed by atoms with Gasteiger partial charge in [0.15, 0.2) is 0 Å². The van der Waals surface area contributed by atoms with Crippen LogP contribution in [0.3, 0.4) is 0 Å². The van der Waals surface area contributed by atoms with Crippen LogP contribution in [-0.4, -0.2) is 6.04 Å². The van der Waals surface area contributed by atoms with Gasteiger partial charge in [0.1, 0.15) is 0 Å². The third-order valence-electron chi connectivity index (χ3n) is 4.42. The number of benzene rings is 1. The Hall–Kier alpha value is -0.980. The summed E-state index contributed by atoms with van der Waals surface area (Å²) in [5.74, 6) is 0.968. The van der Waals surface area contributed by atoms with Crippen LogP contribution in [0.1, 0.15) is 56.6 Å². The lowest BCUT2D eigenvalue weighted by Gasteiger charge is -2.20. The van der Waals surface area contributed by atoms with E-state index in [-0.39, 0.29) is 0 Å².